The summed E-state index contributed by atoms with van der Waals surface area (Å²) in [6, 6.07) is 2.07. The molecule has 0 aliphatic heterocycles. The third-order valence-corrected chi connectivity index (χ3v) is 4.08. The molecule has 23 heavy (non-hydrogen) atoms. The Bertz CT molecular complexity index is 312. The summed E-state index contributed by atoms with van der Waals surface area (Å²) in [4.78, 5) is 11.7. The number of rotatable bonds is 16. The van der Waals surface area contributed by atoms with Crippen LogP contribution in [0.25, 0.3) is 0 Å². The van der Waals surface area contributed by atoms with Gasteiger partial charge in [-0.2, -0.15) is 5.26 Å². The number of aliphatic hydroxyl groups is 1. The van der Waals surface area contributed by atoms with Gasteiger partial charge < -0.3 is 9.84 Å². The number of carbonyl (C=O) groups is 1. The molecule has 0 aliphatic rings. The molecule has 1 N–H and O–H groups in total. The van der Waals surface area contributed by atoms with E-state index in [9.17, 15) is 4.79 Å². The quantitative estimate of drug-likeness (QED) is 0.328. The van der Waals surface area contributed by atoms with Crippen LogP contribution < -0.4 is 0 Å². The van der Waals surface area contributed by atoms with Gasteiger partial charge in [0.1, 0.15) is 5.92 Å². The normalized spacial score (nSPS) is 11.9. The second-order valence-corrected chi connectivity index (χ2v) is 6.25. The highest BCUT2D eigenvalue weighted by Gasteiger charge is 2.18. The highest BCUT2D eigenvalue weighted by Crippen LogP contribution is 2.15. The number of ether oxygens (including phenoxy) is 1. The lowest BCUT2D eigenvalue weighted by molar-refractivity contribution is -0.146. The van der Waals surface area contributed by atoms with Crippen LogP contribution in [0, 0.1) is 17.2 Å². The summed E-state index contributed by atoms with van der Waals surface area (Å²) < 4.78 is 5.11. The van der Waals surface area contributed by atoms with Gasteiger partial charge in [-0.1, -0.05) is 71.1 Å². The van der Waals surface area contributed by atoms with E-state index in [4.69, 9.17) is 15.1 Å². The standard InChI is InChI=1S/C19H35NO3/c1-2-3-16-23-19(22)18(17-20)14-12-10-8-6-4-5-7-9-11-13-15-21/h18,21H,2-16H2,1H3. The fraction of sp³-hybridized carbons (Fsp3) is 0.895. The molecule has 0 heterocycles. The molecule has 1 unspecified atom stereocenters. The first-order chi connectivity index (χ1) is 11.3. The van der Waals surface area contributed by atoms with Crippen molar-refractivity contribution in [3.05, 3.63) is 0 Å². The number of unbranched alkanes of at least 4 members (excludes halogenated alkanes) is 10. The molecule has 0 bridgehead atoms. The Morgan fingerprint density at radius 1 is 0.957 bits per heavy atom. The molecule has 4 nitrogen and oxygen atoms in total. The zero-order valence-electron chi connectivity index (χ0n) is 14.9. The largest absolute Gasteiger partial charge is 0.465 e. The molecule has 134 valence electrons. The van der Waals surface area contributed by atoms with E-state index in [1.807, 2.05) is 6.92 Å². The van der Waals surface area contributed by atoms with Crippen LogP contribution in [-0.4, -0.2) is 24.3 Å². The van der Waals surface area contributed by atoms with Crippen molar-refractivity contribution >= 4 is 5.97 Å². The Morgan fingerprint density at radius 3 is 1.96 bits per heavy atom. The Balaban J connectivity index is 3.44. The van der Waals surface area contributed by atoms with Gasteiger partial charge in [-0.05, 0) is 19.3 Å². The highest BCUT2D eigenvalue weighted by atomic mass is 16.5. The molecular weight excluding hydrogens is 290 g/mol. The number of nitrogens with zero attached hydrogens (tertiary/aromatic N) is 1. The van der Waals surface area contributed by atoms with Crippen LogP contribution in [0.5, 0.6) is 0 Å². The smallest absolute Gasteiger partial charge is 0.323 e. The summed E-state index contributed by atoms with van der Waals surface area (Å²) >= 11 is 0. The summed E-state index contributed by atoms with van der Waals surface area (Å²) in [6.07, 6.45) is 14.0. The molecule has 0 aromatic rings. The van der Waals surface area contributed by atoms with Gasteiger partial charge in [0, 0.05) is 6.61 Å². The lowest BCUT2D eigenvalue weighted by atomic mass is 10.0. The Hall–Kier alpha value is -1.08. The molecule has 0 amide bonds. The van der Waals surface area contributed by atoms with Crippen molar-refractivity contribution in [3.8, 4) is 6.07 Å². The monoisotopic (exact) mass is 325 g/mol. The SMILES string of the molecule is CCCCOC(=O)C(C#N)CCCCCCCCCCCCO. The number of nitriles is 1. The Kier molecular flexibility index (Phi) is 16.5. The second kappa shape index (κ2) is 17.3. The molecule has 1 atom stereocenters. The van der Waals surface area contributed by atoms with E-state index in [0.29, 0.717) is 19.6 Å². The van der Waals surface area contributed by atoms with E-state index in [-0.39, 0.29) is 5.97 Å². The van der Waals surface area contributed by atoms with Gasteiger partial charge in [0.25, 0.3) is 0 Å². The maximum atomic E-state index is 11.7. The van der Waals surface area contributed by atoms with Gasteiger partial charge in [-0.25, -0.2) is 0 Å². The van der Waals surface area contributed by atoms with Gasteiger partial charge in [0.2, 0.25) is 0 Å². The molecule has 0 saturated carbocycles. The first-order valence-electron chi connectivity index (χ1n) is 9.43. The minimum Gasteiger partial charge on any atom is -0.465 e. The van der Waals surface area contributed by atoms with E-state index in [2.05, 4.69) is 6.07 Å². The maximum Gasteiger partial charge on any atom is 0.323 e. The van der Waals surface area contributed by atoms with Crippen LogP contribution >= 0.6 is 0 Å². The second-order valence-electron chi connectivity index (χ2n) is 6.25. The summed E-state index contributed by atoms with van der Waals surface area (Å²) in [5, 5.41) is 17.7. The van der Waals surface area contributed by atoms with Crippen LogP contribution in [-0.2, 0) is 9.53 Å². The zero-order chi connectivity index (χ0) is 17.2. The van der Waals surface area contributed by atoms with Gasteiger partial charge >= 0.3 is 5.97 Å². The number of aliphatic hydroxyl groups excluding tert-OH is 1. The van der Waals surface area contributed by atoms with E-state index in [1.54, 1.807) is 0 Å². The summed E-state index contributed by atoms with van der Waals surface area (Å²) in [5.74, 6) is -0.929. The predicted octanol–water partition coefficient (Wildman–Crippen LogP) is 4.75. The maximum absolute atomic E-state index is 11.7. The summed E-state index contributed by atoms with van der Waals surface area (Å²) in [5.41, 5.74) is 0. The van der Waals surface area contributed by atoms with Crippen LogP contribution in [0.15, 0.2) is 0 Å². The molecule has 4 heteroatoms. The van der Waals surface area contributed by atoms with Crippen LogP contribution in [0.2, 0.25) is 0 Å². The van der Waals surface area contributed by atoms with E-state index >= 15 is 0 Å². The van der Waals surface area contributed by atoms with E-state index in [1.165, 1.54) is 38.5 Å². The number of esters is 1. The fourth-order valence-electron chi connectivity index (χ4n) is 2.53. The Morgan fingerprint density at radius 2 is 1.48 bits per heavy atom. The van der Waals surface area contributed by atoms with Crippen molar-refractivity contribution in [2.75, 3.05) is 13.2 Å². The first kappa shape index (κ1) is 21.9. The minimum absolute atomic E-state index is 0.315. The first-order valence-corrected chi connectivity index (χ1v) is 9.43. The molecule has 0 aliphatic carbocycles. The molecule has 0 aromatic heterocycles. The van der Waals surface area contributed by atoms with Crippen molar-refractivity contribution in [1.82, 2.24) is 0 Å². The lowest BCUT2D eigenvalue weighted by Gasteiger charge is -2.09. The van der Waals surface area contributed by atoms with Crippen molar-refractivity contribution in [2.24, 2.45) is 5.92 Å². The van der Waals surface area contributed by atoms with Gasteiger partial charge in [-0.15, -0.1) is 0 Å². The third-order valence-electron chi connectivity index (χ3n) is 4.08. The van der Waals surface area contributed by atoms with Crippen LogP contribution in [0.4, 0.5) is 0 Å². The van der Waals surface area contributed by atoms with Crippen molar-refractivity contribution in [3.63, 3.8) is 0 Å². The highest BCUT2D eigenvalue weighted by molar-refractivity contribution is 5.75. The number of carbonyl (C=O) groups excluding carboxylic acids is 1. The molecule has 0 fully saturated rings. The van der Waals surface area contributed by atoms with Crippen LogP contribution in [0.3, 0.4) is 0 Å². The van der Waals surface area contributed by atoms with E-state index < -0.39 is 5.92 Å². The lowest BCUT2D eigenvalue weighted by Crippen LogP contribution is -2.16. The fourth-order valence-corrected chi connectivity index (χ4v) is 2.53. The Labute approximate surface area is 142 Å². The van der Waals surface area contributed by atoms with Gasteiger partial charge in [0.15, 0.2) is 0 Å². The zero-order valence-corrected chi connectivity index (χ0v) is 14.9. The van der Waals surface area contributed by atoms with E-state index in [0.717, 1.165) is 38.5 Å². The van der Waals surface area contributed by atoms with Gasteiger partial charge in [0.05, 0.1) is 12.7 Å². The molecule has 0 aromatic carbocycles. The summed E-state index contributed by atoms with van der Waals surface area (Å²) in [6.45, 7) is 2.80. The molecule has 0 radical (unpaired) electrons. The number of hydrogen-bond donors (Lipinski definition) is 1. The minimum atomic E-state index is -0.585. The van der Waals surface area contributed by atoms with Crippen molar-refractivity contribution < 1.29 is 14.6 Å². The average Bonchev–Trinajstić information content (AvgIpc) is 2.56. The number of hydrogen-bond acceptors (Lipinski definition) is 4. The molecule has 0 rings (SSSR count). The van der Waals surface area contributed by atoms with Crippen molar-refractivity contribution in [2.45, 2.75) is 90.4 Å². The van der Waals surface area contributed by atoms with Crippen molar-refractivity contribution in [1.29, 1.82) is 5.26 Å². The average molecular weight is 325 g/mol. The predicted molar refractivity (Wildman–Crippen MR) is 92.8 cm³/mol. The molecular formula is C19H35NO3. The van der Waals surface area contributed by atoms with Gasteiger partial charge in [-0.3, -0.25) is 4.79 Å². The third kappa shape index (κ3) is 14.3. The molecule has 0 saturated heterocycles. The van der Waals surface area contributed by atoms with Crippen LogP contribution in [0.1, 0.15) is 90.4 Å². The molecule has 0 spiro atoms. The topological polar surface area (TPSA) is 70.3 Å². The summed E-state index contributed by atoms with van der Waals surface area (Å²) in [7, 11) is 0.